The number of aromatic nitrogens is 2. The Morgan fingerprint density at radius 1 is 1.30 bits per heavy atom. The molecule has 1 heterocycles. The lowest BCUT2D eigenvalue weighted by atomic mass is 9.81. The van der Waals surface area contributed by atoms with Crippen molar-refractivity contribution in [2.75, 3.05) is 5.73 Å². The lowest BCUT2D eigenvalue weighted by molar-refractivity contribution is 0.0962. The molecule has 0 saturated heterocycles. The van der Waals surface area contributed by atoms with Crippen molar-refractivity contribution in [3.05, 3.63) is 52.6 Å². The zero-order valence-electron chi connectivity index (χ0n) is 11.1. The summed E-state index contributed by atoms with van der Waals surface area (Å²) in [6.07, 6.45) is 0.933. The number of ketones is 1. The molecular formula is C15H14FN3O. The van der Waals surface area contributed by atoms with Gasteiger partial charge in [0.05, 0.1) is 17.0 Å². The highest BCUT2D eigenvalue weighted by molar-refractivity contribution is 5.99. The number of fused-ring (bicyclic) bond motifs is 1. The molecule has 2 N–H and O–H groups in total. The van der Waals surface area contributed by atoms with E-state index in [4.69, 9.17) is 5.73 Å². The van der Waals surface area contributed by atoms with Gasteiger partial charge in [0.25, 0.3) is 0 Å². The van der Waals surface area contributed by atoms with Crippen LogP contribution in [-0.4, -0.2) is 15.8 Å². The Balaban J connectivity index is 2.02. The fourth-order valence-electron chi connectivity index (χ4n) is 2.79. The molecule has 1 unspecified atom stereocenters. The maximum Gasteiger partial charge on any atom is 0.220 e. The van der Waals surface area contributed by atoms with Crippen LogP contribution in [0.3, 0.4) is 0 Å². The van der Waals surface area contributed by atoms with Crippen molar-refractivity contribution < 1.29 is 9.18 Å². The number of hydrogen-bond acceptors (Lipinski definition) is 4. The molecule has 0 spiro atoms. The van der Waals surface area contributed by atoms with Crippen LogP contribution < -0.4 is 5.73 Å². The minimum Gasteiger partial charge on any atom is -0.368 e. The molecule has 4 nitrogen and oxygen atoms in total. The molecular weight excluding hydrogens is 257 g/mol. The monoisotopic (exact) mass is 271 g/mol. The van der Waals surface area contributed by atoms with Crippen LogP contribution in [0.15, 0.2) is 24.3 Å². The summed E-state index contributed by atoms with van der Waals surface area (Å²) in [7, 11) is 0. The van der Waals surface area contributed by atoms with E-state index in [9.17, 15) is 9.18 Å². The molecule has 102 valence electrons. The molecule has 1 aromatic heterocycles. The first-order valence-electron chi connectivity index (χ1n) is 6.46. The Labute approximate surface area is 115 Å². The molecule has 20 heavy (non-hydrogen) atoms. The minimum absolute atomic E-state index is 0.00184. The Kier molecular flexibility index (Phi) is 2.97. The lowest BCUT2D eigenvalue weighted by Gasteiger charge is -2.24. The second kappa shape index (κ2) is 4.67. The van der Waals surface area contributed by atoms with Crippen LogP contribution in [0.4, 0.5) is 10.3 Å². The first-order valence-corrected chi connectivity index (χ1v) is 6.46. The third-order valence-corrected chi connectivity index (χ3v) is 3.65. The molecule has 0 amide bonds. The predicted molar refractivity (Wildman–Crippen MR) is 73.0 cm³/mol. The van der Waals surface area contributed by atoms with Gasteiger partial charge in [-0.2, -0.15) is 0 Å². The van der Waals surface area contributed by atoms with Gasteiger partial charge < -0.3 is 5.73 Å². The third kappa shape index (κ3) is 2.15. The van der Waals surface area contributed by atoms with Crippen LogP contribution in [0.2, 0.25) is 0 Å². The lowest BCUT2D eigenvalue weighted by Crippen LogP contribution is -2.23. The van der Waals surface area contributed by atoms with Crippen LogP contribution in [0.5, 0.6) is 0 Å². The molecule has 0 radical (unpaired) electrons. The summed E-state index contributed by atoms with van der Waals surface area (Å²) in [5, 5.41) is 0. The standard InChI is InChI=1S/C15H14FN3O/c1-8-14-12(19-15(17)18-8)6-10(7-13(14)20)9-3-2-4-11(16)5-9/h2-5,10H,6-7H2,1H3,(H2,17,18,19). The van der Waals surface area contributed by atoms with E-state index in [1.807, 2.05) is 6.07 Å². The number of Topliss-reactive ketones (excluding diaryl/α,β-unsaturated/α-hetero) is 1. The quantitative estimate of drug-likeness (QED) is 0.864. The van der Waals surface area contributed by atoms with Crippen molar-refractivity contribution >= 4 is 11.7 Å². The SMILES string of the molecule is Cc1nc(N)nc2c1C(=O)CC(c1cccc(F)c1)C2. The van der Waals surface area contributed by atoms with Crippen LogP contribution >= 0.6 is 0 Å². The fraction of sp³-hybridized carbons (Fsp3) is 0.267. The molecule has 0 saturated carbocycles. The van der Waals surface area contributed by atoms with E-state index in [2.05, 4.69) is 9.97 Å². The fourth-order valence-corrected chi connectivity index (χ4v) is 2.79. The van der Waals surface area contributed by atoms with Gasteiger partial charge in [-0.25, -0.2) is 14.4 Å². The number of aryl methyl sites for hydroxylation is 1. The van der Waals surface area contributed by atoms with Gasteiger partial charge in [-0.1, -0.05) is 12.1 Å². The van der Waals surface area contributed by atoms with Gasteiger partial charge in [0.1, 0.15) is 5.82 Å². The number of rotatable bonds is 1. The van der Waals surface area contributed by atoms with Crippen molar-refractivity contribution in [2.45, 2.75) is 25.7 Å². The van der Waals surface area contributed by atoms with E-state index < -0.39 is 0 Å². The van der Waals surface area contributed by atoms with Crippen molar-refractivity contribution in [2.24, 2.45) is 0 Å². The Morgan fingerprint density at radius 3 is 2.85 bits per heavy atom. The van der Waals surface area contributed by atoms with E-state index in [-0.39, 0.29) is 23.5 Å². The topological polar surface area (TPSA) is 68.9 Å². The van der Waals surface area contributed by atoms with Gasteiger partial charge in [-0.3, -0.25) is 4.79 Å². The highest BCUT2D eigenvalue weighted by Gasteiger charge is 2.29. The summed E-state index contributed by atoms with van der Waals surface area (Å²) in [6.45, 7) is 1.76. The normalized spacial score (nSPS) is 17.9. The van der Waals surface area contributed by atoms with Gasteiger partial charge in [-0.15, -0.1) is 0 Å². The second-order valence-electron chi connectivity index (χ2n) is 5.07. The summed E-state index contributed by atoms with van der Waals surface area (Å²) in [4.78, 5) is 20.5. The number of nitrogens with zero attached hydrogens (tertiary/aromatic N) is 2. The molecule has 1 atom stereocenters. The maximum absolute atomic E-state index is 13.3. The van der Waals surface area contributed by atoms with E-state index in [1.54, 1.807) is 13.0 Å². The van der Waals surface area contributed by atoms with Gasteiger partial charge in [0, 0.05) is 6.42 Å². The zero-order chi connectivity index (χ0) is 14.3. The van der Waals surface area contributed by atoms with Crippen molar-refractivity contribution in [1.82, 2.24) is 9.97 Å². The molecule has 3 rings (SSSR count). The number of benzene rings is 1. The van der Waals surface area contributed by atoms with Crippen molar-refractivity contribution in [3.63, 3.8) is 0 Å². The summed E-state index contributed by atoms with van der Waals surface area (Å²) in [5.41, 5.74) is 8.32. The molecule has 0 bridgehead atoms. The van der Waals surface area contributed by atoms with Crippen LogP contribution in [0.1, 0.15) is 39.6 Å². The molecule has 0 aliphatic heterocycles. The first kappa shape index (κ1) is 12.7. The summed E-state index contributed by atoms with van der Waals surface area (Å²) >= 11 is 0. The van der Waals surface area contributed by atoms with Gasteiger partial charge in [-0.05, 0) is 37.0 Å². The maximum atomic E-state index is 13.3. The Morgan fingerprint density at radius 2 is 2.10 bits per heavy atom. The van der Waals surface area contributed by atoms with E-state index in [1.165, 1.54) is 12.1 Å². The van der Waals surface area contributed by atoms with E-state index in [0.29, 0.717) is 29.8 Å². The summed E-state index contributed by atoms with van der Waals surface area (Å²) < 4.78 is 13.3. The highest BCUT2D eigenvalue weighted by Crippen LogP contribution is 2.33. The smallest absolute Gasteiger partial charge is 0.220 e. The first-order chi connectivity index (χ1) is 9.54. The summed E-state index contributed by atoms with van der Waals surface area (Å²) in [6, 6.07) is 6.36. The molecule has 1 aliphatic carbocycles. The number of nitrogens with two attached hydrogens (primary N) is 1. The molecule has 1 aromatic carbocycles. The average molecular weight is 271 g/mol. The predicted octanol–water partition coefficient (Wildman–Crippen LogP) is 2.42. The Hall–Kier alpha value is -2.30. The van der Waals surface area contributed by atoms with Gasteiger partial charge in [0.2, 0.25) is 5.95 Å². The van der Waals surface area contributed by atoms with Crippen LogP contribution in [0, 0.1) is 12.7 Å². The van der Waals surface area contributed by atoms with E-state index >= 15 is 0 Å². The third-order valence-electron chi connectivity index (χ3n) is 3.65. The Bertz CT molecular complexity index is 700. The number of carbonyl (C=O) groups excluding carboxylic acids is 1. The number of nitrogen functional groups attached to an aromatic ring is 1. The average Bonchev–Trinajstić information content (AvgIpc) is 2.37. The number of carbonyl (C=O) groups is 1. The summed E-state index contributed by atoms with van der Waals surface area (Å²) in [5.74, 6) is -0.175. The largest absolute Gasteiger partial charge is 0.368 e. The van der Waals surface area contributed by atoms with Gasteiger partial charge >= 0.3 is 0 Å². The van der Waals surface area contributed by atoms with Crippen molar-refractivity contribution in [1.29, 1.82) is 0 Å². The van der Waals surface area contributed by atoms with Crippen LogP contribution in [-0.2, 0) is 6.42 Å². The zero-order valence-corrected chi connectivity index (χ0v) is 11.1. The number of halogens is 1. The minimum atomic E-state index is -0.292. The highest BCUT2D eigenvalue weighted by atomic mass is 19.1. The number of hydrogen-bond donors (Lipinski definition) is 1. The van der Waals surface area contributed by atoms with Crippen LogP contribution in [0.25, 0.3) is 0 Å². The molecule has 0 fully saturated rings. The molecule has 5 heteroatoms. The molecule has 2 aromatic rings. The number of anilines is 1. The van der Waals surface area contributed by atoms with Crippen molar-refractivity contribution in [3.8, 4) is 0 Å². The molecule has 1 aliphatic rings. The second-order valence-corrected chi connectivity index (χ2v) is 5.07. The van der Waals surface area contributed by atoms with Gasteiger partial charge in [0.15, 0.2) is 5.78 Å². The van der Waals surface area contributed by atoms with E-state index in [0.717, 1.165) is 5.56 Å².